The van der Waals surface area contributed by atoms with Crippen molar-refractivity contribution < 1.29 is 18.0 Å². The molecule has 2 atom stereocenters. The summed E-state index contributed by atoms with van der Waals surface area (Å²) in [5.74, 6) is -4.66. The van der Waals surface area contributed by atoms with Gasteiger partial charge in [-0.05, 0) is 25.3 Å². The fraction of sp³-hybridized carbons (Fsp3) is 0.462. The average molecular weight is 272 g/mol. The molecule has 1 aromatic carbocycles. The number of carbonyl (C=O) groups is 1. The van der Waals surface area contributed by atoms with Gasteiger partial charge < -0.3 is 11.1 Å². The second-order valence-corrected chi connectivity index (χ2v) is 4.78. The molecule has 0 saturated heterocycles. The highest BCUT2D eigenvalue weighted by atomic mass is 19.2. The molecule has 1 aliphatic rings. The SMILES string of the molecule is NC[C@H]1CCC[C@H]1C(=O)Nc1cc(F)c(F)c(F)c1. The Hall–Kier alpha value is -1.56. The van der Waals surface area contributed by atoms with E-state index < -0.39 is 17.5 Å². The van der Waals surface area contributed by atoms with Gasteiger partial charge in [0.05, 0.1) is 0 Å². The molecule has 3 nitrogen and oxygen atoms in total. The van der Waals surface area contributed by atoms with Crippen LogP contribution >= 0.6 is 0 Å². The maximum absolute atomic E-state index is 13.0. The van der Waals surface area contributed by atoms with E-state index in [9.17, 15) is 18.0 Å². The van der Waals surface area contributed by atoms with E-state index in [1.807, 2.05) is 0 Å². The minimum absolute atomic E-state index is 0.0796. The molecule has 1 saturated carbocycles. The van der Waals surface area contributed by atoms with Crippen LogP contribution in [0.25, 0.3) is 0 Å². The number of carbonyl (C=O) groups excluding carboxylic acids is 1. The lowest BCUT2D eigenvalue weighted by Gasteiger charge is -2.17. The predicted molar refractivity (Wildman–Crippen MR) is 64.8 cm³/mol. The molecule has 3 N–H and O–H groups in total. The average Bonchev–Trinajstić information content (AvgIpc) is 2.84. The lowest BCUT2D eigenvalue weighted by Crippen LogP contribution is -2.29. The monoisotopic (exact) mass is 272 g/mol. The second kappa shape index (κ2) is 5.61. The molecule has 0 spiro atoms. The molecule has 1 fully saturated rings. The van der Waals surface area contributed by atoms with Gasteiger partial charge >= 0.3 is 0 Å². The number of nitrogens with one attached hydrogen (secondary N) is 1. The van der Waals surface area contributed by atoms with E-state index >= 15 is 0 Å². The molecule has 1 aromatic rings. The molecular formula is C13H15F3N2O. The molecule has 0 heterocycles. The second-order valence-electron chi connectivity index (χ2n) is 4.78. The van der Waals surface area contributed by atoms with E-state index in [4.69, 9.17) is 5.73 Å². The van der Waals surface area contributed by atoms with E-state index in [0.717, 1.165) is 25.0 Å². The predicted octanol–water partition coefficient (Wildman–Crippen LogP) is 2.42. The number of hydrogen-bond donors (Lipinski definition) is 2. The lowest BCUT2D eigenvalue weighted by molar-refractivity contribution is -0.120. The van der Waals surface area contributed by atoms with Gasteiger partial charge in [0.15, 0.2) is 17.5 Å². The summed E-state index contributed by atoms with van der Waals surface area (Å²) < 4.78 is 38.8. The summed E-state index contributed by atoms with van der Waals surface area (Å²) in [5.41, 5.74) is 5.49. The maximum Gasteiger partial charge on any atom is 0.227 e. The van der Waals surface area contributed by atoms with E-state index in [2.05, 4.69) is 5.32 Å². The van der Waals surface area contributed by atoms with Gasteiger partial charge in [0, 0.05) is 23.7 Å². The normalized spacial score (nSPS) is 22.5. The molecule has 6 heteroatoms. The van der Waals surface area contributed by atoms with E-state index in [0.29, 0.717) is 13.0 Å². The number of rotatable bonds is 3. The van der Waals surface area contributed by atoms with Gasteiger partial charge in [-0.15, -0.1) is 0 Å². The molecule has 0 aromatic heterocycles. The summed E-state index contributed by atoms with van der Waals surface area (Å²) in [4.78, 5) is 12.0. The molecule has 1 amide bonds. The number of hydrogen-bond acceptors (Lipinski definition) is 2. The van der Waals surface area contributed by atoms with Crippen molar-refractivity contribution in [2.24, 2.45) is 17.6 Å². The van der Waals surface area contributed by atoms with E-state index in [-0.39, 0.29) is 23.4 Å². The Balaban J connectivity index is 2.11. The van der Waals surface area contributed by atoms with Crippen molar-refractivity contribution >= 4 is 11.6 Å². The first-order valence-corrected chi connectivity index (χ1v) is 6.18. The van der Waals surface area contributed by atoms with Crippen LogP contribution in [0.4, 0.5) is 18.9 Å². The zero-order chi connectivity index (χ0) is 14.0. The highest BCUT2D eigenvalue weighted by Crippen LogP contribution is 2.32. The van der Waals surface area contributed by atoms with Gasteiger partial charge in [0.2, 0.25) is 5.91 Å². The van der Waals surface area contributed by atoms with Crippen molar-refractivity contribution in [3.05, 3.63) is 29.6 Å². The molecule has 1 aliphatic carbocycles. The minimum Gasteiger partial charge on any atom is -0.330 e. The van der Waals surface area contributed by atoms with Crippen LogP contribution in [0.1, 0.15) is 19.3 Å². The number of amides is 1. The minimum atomic E-state index is -1.54. The van der Waals surface area contributed by atoms with Crippen LogP contribution in [0, 0.1) is 29.3 Å². The number of nitrogens with two attached hydrogens (primary N) is 1. The molecule has 0 radical (unpaired) electrons. The van der Waals surface area contributed by atoms with Gasteiger partial charge in [-0.1, -0.05) is 6.42 Å². The third-order valence-electron chi connectivity index (χ3n) is 3.55. The van der Waals surface area contributed by atoms with Crippen molar-refractivity contribution in [3.63, 3.8) is 0 Å². The Morgan fingerprint density at radius 1 is 1.26 bits per heavy atom. The third-order valence-corrected chi connectivity index (χ3v) is 3.55. The van der Waals surface area contributed by atoms with E-state index in [1.165, 1.54) is 0 Å². The smallest absolute Gasteiger partial charge is 0.227 e. The molecule has 0 aliphatic heterocycles. The molecule has 0 bridgehead atoms. The van der Waals surface area contributed by atoms with Crippen LogP contribution in [0.2, 0.25) is 0 Å². The summed E-state index contributed by atoms with van der Waals surface area (Å²) in [5, 5.41) is 2.42. The lowest BCUT2D eigenvalue weighted by atomic mass is 9.95. The topological polar surface area (TPSA) is 55.1 Å². The Labute approximate surface area is 109 Å². The van der Waals surface area contributed by atoms with Crippen LogP contribution in [-0.2, 0) is 4.79 Å². The first-order valence-electron chi connectivity index (χ1n) is 6.18. The Morgan fingerprint density at radius 2 is 1.89 bits per heavy atom. The van der Waals surface area contributed by atoms with Gasteiger partial charge in [0.1, 0.15) is 0 Å². The van der Waals surface area contributed by atoms with Crippen molar-refractivity contribution in [1.29, 1.82) is 0 Å². The zero-order valence-electron chi connectivity index (χ0n) is 10.3. The molecule has 0 unspecified atom stereocenters. The van der Waals surface area contributed by atoms with Crippen molar-refractivity contribution in [3.8, 4) is 0 Å². The highest BCUT2D eigenvalue weighted by Gasteiger charge is 2.32. The summed E-state index contributed by atoms with van der Waals surface area (Å²) in [6, 6.07) is 1.53. The fourth-order valence-corrected chi connectivity index (χ4v) is 2.53. The van der Waals surface area contributed by atoms with Crippen LogP contribution in [-0.4, -0.2) is 12.5 Å². The largest absolute Gasteiger partial charge is 0.330 e. The fourth-order valence-electron chi connectivity index (χ4n) is 2.53. The van der Waals surface area contributed by atoms with Crippen LogP contribution in [0.15, 0.2) is 12.1 Å². The number of benzene rings is 1. The Kier molecular flexibility index (Phi) is 4.09. The number of anilines is 1. The summed E-state index contributed by atoms with van der Waals surface area (Å²) in [6.07, 6.45) is 2.49. The quantitative estimate of drug-likeness (QED) is 0.830. The third kappa shape index (κ3) is 2.89. The molecule has 2 rings (SSSR count). The van der Waals surface area contributed by atoms with Gasteiger partial charge in [-0.3, -0.25) is 4.79 Å². The van der Waals surface area contributed by atoms with Gasteiger partial charge in [-0.25, -0.2) is 13.2 Å². The summed E-state index contributed by atoms with van der Waals surface area (Å²) in [6.45, 7) is 0.407. The molecule has 104 valence electrons. The molecule has 19 heavy (non-hydrogen) atoms. The van der Waals surface area contributed by atoms with Crippen molar-refractivity contribution in [1.82, 2.24) is 0 Å². The standard InChI is InChI=1S/C13H15F3N2O/c14-10-4-8(5-11(15)12(10)16)18-13(19)9-3-1-2-7(9)6-17/h4-5,7,9H,1-3,6,17H2,(H,18,19)/t7-,9-/m1/s1. The zero-order valence-corrected chi connectivity index (χ0v) is 10.3. The first kappa shape index (κ1) is 13.9. The first-order chi connectivity index (χ1) is 9.02. The summed E-state index contributed by atoms with van der Waals surface area (Å²) >= 11 is 0. The van der Waals surface area contributed by atoms with E-state index in [1.54, 1.807) is 0 Å². The summed E-state index contributed by atoms with van der Waals surface area (Å²) in [7, 11) is 0. The van der Waals surface area contributed by atoms with Crippen LogP contribution < -0.4 is 11.1 Å². The van der Waals surface area contributed by atoms with Crippen molar-refractivity contribution in [2.75, 3.05) is 11.9 Å². The van der Waals surface area contributed by atoms with Gasteiger partial charge in [0.25, 0.3) is 0 Å². The van der Waals surface area contributed by atoms with Crippen LogP contribution in [0.3, 0.4) is 0 Å². The molecular weight excluding hydrogens is 257 g/mol. The van der Waals surface area contributed by atoms with Crippen LogP contribution in [0.5, 0.6) is 0 Å². The maximum atomic E-state index is 13.0. The Morgan fingerprint density at radius 3 is 2.47 bits per heavy atom. The van der Waals surface area contributed by atoms with Crippen molar-refractivity contribution in [2.45, 2.75) is 19.3 Å². The Bertz CT molecular complexity index is 470. The highest BCUT2D eigenvalue weighted by molar-refractivity contribution is 5.92. The number of halogens is 3. The van der Waals surface area contributed by atoms with Gasteiger partial charge in [-0.2, -0.15) is 0 Å².